The number of nitrogens with zero attached hydrogens (tertiary/aromatic N) is 3. The molecule has 0 radical (unpaired) electrons. The minimum absolute atomic E-state index is 0.0410. The van der Waals surface area contributed by atoms with E-state index in [1.165, 1.54) is 0 Å². The van der Waals surface area contributed by atoms with E-state index in [1.54, 1.807) is 16.9 Å². The highest BCUT2D eigenvalue weighted by atomic mass is 16.4. The molecule has 0 unspecified atom stereocenters. The summed E-state index contributed by atoms with van der Waals surface area (Å²) in [5, 5.41) is 8.71. The van der Waals surface area contributed by atoms with Gasteiger partial charge in [-0.15, -0.1) is 0 Å². The maximum absolute atomic E-state index is 10.6. The summed E-state index contributed by atoms with van der Waals surface area (Å²) in [6.45, 7) is 6.23. The van der Waals surface area contributed by atoms with Gasteiger partial charge in [0.05, 0.1) is 17.8 Å². The van der Waals surface area contributed by atoms with Crippen molar-refractivity contribution in [3.05, 3.63) is 30.0 Å². The first-order valence-corrected chi connectivity index (χ1v) is 5.42. The summed E-state index contributed by atoms with van der Waals surface area (Å²) in [7, 11) is 0. The van der Waals surface area contributed by atoms with Crippen molar-refractivity contribution in [1.82, 2.24) is 14.4 Å². The quantitative estimate of drug-likeness (QED) is 0.856. The normalized spacial score (nSPS) is 11.9. The second-order valence-electron chi connectivity index (χ2n) is 5.09. The van der Waals surface area contributed by atoms with Gasteiger partial charge in [-0.3, -0.25) is 9.20 Å². The van der Waals surface area contributed by atoms with Crippen molar-refractivity contribution in [2.75, 3.05) is 0 Å². The van der Waals surface area contributed by atoms with Crippen LogP contribution in [0.5, 0.6) is 0 Å². The monoisotopic (exact) mass is 233 g/mol. The van der Waals surface area contributed by atoms with Crippen molar-refractivity contribution < 1.29 is 9.90 Å². The predicted octanol–water partition coefficient (Wildman–Crippen LogP) is 1.65. The molecule has 0 atom stereocenters. The largest absolute Gasteiger partial charge is 0.481 e. The van der Waals surface area contributed by atoms with Crippen LogP contribution in [0.2, 0.25) is 0 Å². The van der Waals surface area contributed by atoms with Crippen LogP contribution >= 0.6 is 0 Å². The minimum Gasteiger partial charge on any atom is -0.481 e. The Morgan fingerprint density at radius 3 is 2.76 bits per heavy atom. The van der Waals surface area contributed by atoms with Crippen molar-refractivity contribution >= 4 is 11.6 Å². The lowest BCUT2D eigenvalue weighted by Gasteiger charge is -2.16. The molecule has 0 aromatic carbocycles. The van der Waals surface area contributed by atoms with Gasteiger partial charge in [0.1, 0.15) is 12.0 Å². The van der Waals surface area contributed by atoms with Gasteiger partial charge in [0.2, 0.25) is 0 Å². The third-order valence-corrected chi connectivity index (χ3v) is 2.50. The summed E-state index contributed by atoms with van der Waals surface area (Å²) in [6.07, 6.45) is 3.31. The van der Waals surface area contributed by atoms with Crippen LogP contribution in [0.1, 0.15) is 32.2 Å². The molecule has 1 N–H and O–H groups in total. The Balaban J connectivity index is 2.44. The van der Waals surface area contributed by atoms with Gasteiger partial charge in [-0.1, -0.05) is 20.8 Å². The first kappa shape index (κ1) is 11.6. The number of carboxylic acids is 1. The van der Waals surface area contributed by atoms with E-state index in [0.717, 1.165) is 11.3 Å². The maximum atomic E-state index is 10.6. The van der Waals surface area contributed by atoms with Gasteiger partial charge in [-0.25, -0.2) is 9.97 Å². The van der Waals surface area contributed by atoms with Crippen LogP contribution in [-0.2, 0) is 16.6 Å². The van der Waals surface area contributed by atoms with E-state index in [4.69, 9.17) is 5.11 Å². The van der Waals surface area contributed by atoms with Gasteiger partial charge in [-0.2, -0.15) is 0 Å². The summed E-state index contributed by atoms with van der Waals surface area (Å²) < 4.78 is 1.74. The highest BCUT2D eigenvalue weighted by Gasteiger charge is 2.16. The number of rotatable bonds is 2. The number of hydrogen-bond donors (Lipinski definition) is 1. The number of hydrogen-bond acceptors (Lipinski definition) is 3. The predicted molar refractivity (Wildman–Crippen MR) is 63.0 cm³/mol. The summed E-state index contributed by atoms with van der Waals surface area (Å²) in [4.78, 5) is 19.2. The van der Waals surface area contributed by atoms with Crippen LogP contribution in [0, 0.1) is 0 Å². The molecule has 5 nitrogen and oxygen atoms in total. The third kappa shape index (κ3) is 2.43. The van der Waals surface area contributed by atoms with Gasteiger partial charge in [-0.05, 0) is 0 Å². The molecule has 0 saturated carbocycles. The van der Waals surface area contributed by atoms with E-state index < -0.39 is 5.97 Å². The van der Waals surface area contributed by atoms with E-state index in [2.05, 4.69) is 30.7 Å². The number of aliphatic carboxylic acids is 1. The van der Waals surface area contributed by atoms with Gasteiger partial charge in [0.25, 0.3) is 0 Å². The highest BCUT2D eigenvalue weighted by Crippen LogP contribution is 2.20. The molecule has 0 saturated heterocycles. The molecular weight excluding hydrogens is 218 g/mol. The smallest absolute Gasteiger partial charge is 0.309 e. The fraction of sp³-hybridized carbons (Fsp3) is 0.417. The Kier molecular flexibility index (Phi) is 2.61. The first-order valence-electron chi connectivity index (χ1n) is 5.42. The van der Waals surface area contributed by atoms with Crippen LogP contribution in [0.15, 0.2) is 18.6 Å². The number of imidazole rings is 1. The lowest BCUT2D eigenvalue weighted by molar-refractivity contribution is -0.136. The topological polar surface area (TPSA) is 67.5 Å². The van der Waals surface area contributed by atoms with Crippen molar-refractivity contribution in [3.8, 4) is 0 Å². The van der Waals surface area contributed by atoms with Crippen molar-refractivity contribution in [1.29, 1.82) is 0 Å². The molecule has 0 aliphatic rings. The van der Waals surface area contributed by atoms with E-state index in [1.807, 2.05) is 6.07 Å². The zero-order chi connectivity index (χ0) is 12.6. The summed E-state index contributed by atoms with van der Waals surface area (Å²) in [6, 6.07) is 1.89. The van der Waals surface area contributed by atoms with Gasteiger partial charge in [0.15, 0.2) is 0 Å². The zero-order valence-corrected chi connectivity index (χ0v) is 10.1. The zero-order valence-electron chi connectivity index (χ0n) is 10.1. The van der Waals surface area contributed by atoms with E-state index >= 15 is 0 Å². The maximum Gasteiger partial charge on any atom is 0.309 e. The second kappa shape index (κ2) is 3.84. The molecule has 2 heterocycles. The average Bonchev–Trinajstić information content (AvgIpc) is 2.55. The van der Waals surface area contributed by atoms with Gasteiger partial charge < -0.3 is 5.11 Å². The molecule has 0 amide bonds. The Hall–Kier alpha value is -1.91. The number of fused-ring (bicyclic) bond motifs is 1. The first-order chi connectivity index (χ1) is 7.86. The average molecular weight is 233 g/mol. The molecule has 2 aromatic rings. The molecule has 0 aliphatic heterocycles. The van der Waals surface area contributed by atoms with E-state index in [-0.39, 0.29) is 11.8 Å². The molecule has 90 valence electrons. The minimum atomic E-state index is -0.877. The summed E-state index contributed by atoms with van der Waals surface area (Å²) in [5.74, 6) is -0.877. The molecule has 2 aromatic heterocycles. The third-order valence-electron chi connectivity index (χ3n) is 2.50. The Morgan fingerprint density at radius 2 is 2.18 bits per heavy atom. The Labute approximate surface area is 99.1 Å². The van der Waals surface area contributed by atoms with Crippen molar-refractivity contribution in [3.63, 3.8) is 0 Å². The number of carbonyl (C=O) groups is 1. The lowest BCUT2D eigenvalue weighted by atomic mass is 9.92. The Bertz CT molecular complexity index is 567. The highest BCUT2D eigenvalue weighted by molar-refractivity contribution is 5.69. The SMILES string of the molecule is CC(C)(C)c1cc2nc(CC(=O)O)cn2cn1. The van der Waals surface area contributed by atoms with E-state index in [0.29, 0.717) is 5.69 Å². The van der Waals surface area contributed by atoms with Crippen LogP contribution in [0.25, 0.3) is 5.65 Å². The molecule has 0 spiro atoms. The standard InChI is InChI=1S/C12H15N3O2/c1-12(2,3)9-5-10-14-8(4-11(16)17)6-15(10)7-13-9/h5-7H,4H2,1-3H3,(H,16,17). The molecule has 0 bridgehead atoms. The fourth-order valence-electron chi connectivity index (χ4n) is 1.59. The van der Waals surface area contributed by atoms with Crippen molar-refractivity contribution in [2.45, 2.75) is 32.6 Å². The van der Waals surface area contributed by atoms with Crippen LogP contribution < -0.4 is 0 Å². The second-order valence-corrected chi connectivity index (χ2v) is 5.09. The van der Waals surface area contributed by atoms with Crippen LogP contribution in [0.3, 0.4) is 0 Å². The number of carboxylic acid groups (broad SMARTS) is 1. The van der Waals surface area contributed by atoms with E-state index in [9.17, 15) is 4.79 Å². The van der Waals surface area contributed by atoms with Crippen LogP contribution in [-0.4, -0.2) is 25.4 Å². The fourth-order valence-corrected chi connectivity index (χ4v) is 1.59. The van der Waals surface area contributed by atoms with Crippen molar-refractivity contribution in [2.24, 2.45) is 0 Å². The summed E-state index contributed by atoms with van der Waals surface area (Å²) >= 11 is 0. The molecule has 17 heavy (non-hydrogen) atoms. The molecule has 5 heteroatoms. The van der Waals surface area contributed by atoms with Gasteiger partial charge >= 0.3 is 5.97 Å². The lowest BCUT2D eigenvalue weighted by Crippen LogP contribution is -2.13. The Morgan fingerprint density at radius 1 is 1.47 bits per heavy atom. The molecular formula is C12H15N3O2. The van der Waals surface area contributed by atoms with Gasteiger partial charge in [0, 0.05) is 17.7 Å². The van der Waals surface area contributed by atoms with Crippen LogP contribution in [0.4, 0.5) is 0 Å². The molecule has 0 fully saturated rings. The number of aromatic nitrogens is 3. The summed E-state index contributed by atoms with van der Waals surface area (Å²) in [5.41, 5.74) is 2.18. The molecule has 2 rings (SSSR count). The molecule has 0 aliphatic carbocycles.